The van der Waals surface area contributed by atoms with Crippen LogP contribution in [-0.4, -0.2) is 33.8 Å². The molecule has 0 fully saturated rings. The highest BCUT2D eigenvalue weighted by Crippen LogP contribution is 2.16. The van der Waals surface area contributed by atoms with Gasteiger partial charge in [-0.1, -0.05) is 6.07 Å². The van der Waals surface area contributed by atoms with E-state index in [9.17, 15) is 12.8 Å². The molecule has 2 N–H and O–H groups in total. The number of hydrogen-bond donors (Lipinski definition) is 2. The van der Waals surface area contributed by atoms with Crippen molar-refractivity contribution >= 4 is 10.0 Å². The largest absolute Gasteiger partial charge is 0.392 e. The van der Waals surface area contributed by atoms with Crippen molar-refractivity contribution in [3.63, 3.8) is 0 Å². The molecule has 0 aliphatic carbocycles. The molecule has 0 amide bonds. The number of aliphatic hydroxyl groups excluding tert-OH is 1. The molecule has 0 spiro atoms. The minimum atomic E-state index is -3.90. The van der Waals surface area contributed by atoms with Crippen molar-refractivity contribution in [2.24, 2.45) is 0 Å². The van der Waals surface area contributed by atoms with Crippen molar-refractivity contribution in [3.05, 3.63) is 29.6 Å². The van der Waals surface area contributed by atoms with Crippen molar-refractivity contribution in [2.75, 3.05) is 20.3 Å². The fraction of sp³-hybridized carbons (Fsp3) is 0.455. The molecule has 1 rings (SSSR count). The number of methoxy groups -OCH3 is 1. The standard InChI is InChI=1S/C11H16FNO4S/c1-17-6-2-5-13-18(15,16)11-7-9(8-14)3-4-10(11)12/h3-4,7,13-14H,2,5-6,8H2,1H3. The molecule has 0 heterocycles. The summed E-state index contributed by atoms with van der Waals surface area (Å²) in [4.78, 5) is -0.452. The van der Waals surface area contributed by atoms with Gasteiger partial charge >= 0.3 is 0 Å². The van der Waals surface area contributed by atoms with Crippen LogP contribution in [0.15, 0.2) is 23.1 Å². The molecule has 0 radical (unpaired) electrons. The Bertz CT molecular complexity index is 490. The number of halogens is 1. The maximum atomic E-state index is 13.5. The van der Waals surface area contributed by atoms with E-state index in [4.69, 9.17) is 9.84 Å². The minimum Gasteiger partial charge on any atom is -0.392 e. The lowest BCUT2D eigenvalue weighted by Gasteiger charge is -2.08. The highest BCUT2D eigenvalue weighted by atomic mass is 32.2. The third-order valence-electron chi connectivity index (χ3n) is 2.29. The van der Waals surface area contributed by atoms with Gasteiger partial charge in [-0.3, -0.25) is 0 Å². The lowest BCUT2D eigenvalue weighted by atomic mass is 10.2. The van der Waals surface area contributed by atoms with Crippen LogP contribution >= 0.6 is 0 Å². The smallest absolute Gasteiger partial charge is 0.243 e. The monoisotopic (exact) mass is 277 g/mol. The van der Waals surface area contributed by atoms with E-state index in [1.54, 1.807) is 0 Å². The minimum absolute atomic E-state index is 0.166. The first kappa shape index (κ1) is 15.0. The van der Waals surface area contributed by atoms with Gasteiger partial charge in [0.05, 0.1) is 6.61 Å². The van der Waals surface area contributed by atoms with Gasteiger partial charge in [0, 0.05) is 20.3 Å². The topological polar surface area (TPSA) is 75.6 Å². The van der Waals surface area contributed by atoms with Crippen LogP contribution in [0.3, 0.4) is 0 Å². The van der Waals surface area contributed by atoms with E-state index in [-0.39, 0.29) is 13.2 Å². The first-order valence-electron chi connectivity index (χ1n) is 5.39. The fourth-order valence-corrected chi connectivity index (χ4v) is 2.55. The van der Waals surface area contributed by atoms with Crippen LogP contribution in [0.4, 0.5) is 4.39 Å². The van der Waals surface area contributed by atoms with E-state index in [1.165, 1.54) is 13.2 Å². The molecule has 5 nitrogen and oxygen atoms in total. The Morgan fingerprint density at radius 2 is 2.17 bits per heavy atom. The van der Waals surface area contributed by atoms with Crippen molar-refractivity contribution < 1.29 is 22.7 Å². The maximum absolute atomic E-state index is 13.5. The highest BCUT2D eigenvalue weighted by molar-refractivity contribution is 7.89. The molecule has 0 aromatic heterocycles. The van der Waals surface area contributed by atoms with E-state index in [0.717, 1.165) is 12.1 Å². The maximum Gasteiger partial charge on any atom is 0.243 e. The van der Waals surface area contributed by atoms with Gasteiger partial charge in [0.15, 0.2) is 0 Å². The second-order valence-corrected chi connectivity index (χ2v) is 5.40. The predicted octanol–water partition coefficient (Wildman–Crippen LogP) is 0.633. The molecule has 1 aromatic carbocycles. The van der Waals surface area contributed by atoms with Crippen LogP contribution in [0.5, 0.6) is 0 Å². The molecule has 0 saturated carbocycles. The van der Waals surface area contributed by atoms with E-state index in [2.05, 4.69) is 4.72 Å². The second kappa shape index (κ2) is 6.79. The Labute approximate surface area is 106 Å². The first-order valence-corrected chi connectivity index (χ1v) is 6.87. The Morgan fingerprint density at radius 1 is 1.44 bits per heavy atom. The number of aliphatic hydroxyl groups is 1. The zero-order valence-corrected chi connectivity index (χ0v) is 10.8. The van der Waals surface area contributed by atoms with Crippen LogP contribution in [0.25, 0.3) is 0 Å². The van der Waals surface area contributed by atoms with Gasteiger partial charge in [-0.2, -0.15) is 0 Å². The predicted molar refractivity (Wildman–Crippen MR) is 64.0 cm³/mol. The lowest BCUT2D eigenvalue weighted by Crippen LogP contribution is -2.26. The van der Waals surface area contributed by atoms with E-state index in [1.807, 2.05) is 0 Å². The molecule has 0 saturated heterocycles. The van der Waals surface area contributed by atoms with Gasteiger partial charge in [-0.15, -0.1) is 0 Å². The molecule has 0 aliphatic heterocycles. The molecule has 1 aromatic rings. The van der Waals surface area contributed by atoms with Gasteiger partial charge in [0.1, 0.15) is 10.7 Å². The number of rotatable bonds is 7. The number of ether oxygens (including phenoxy) is 1. The van der Waals surface area contributed by atoms with E-state index < -0.39 is 20.7 Å². The average Bonchev–Trinajstić information content (AvgIpc) is 2.35. The van der Waals surface area contributed by atoms with Crippen LogP contribution in [0.1, 0.15) is 12.0 Å². The van der Waals surface area contributed by atoms with Gasteiger partial charge in [0.25, 0.3) is 0 Å². The normalized spacial score (nSPS) is 11.7. The number of benzene rings is 1. The molecule has 0 bridgehead atoms. The third kappa shape index (κ3) is 4.02. The zero-order valence-electron chi connectivity index (χ0n) is 10.0. The summed E-state index contributed by atoms with van der Waals surface area (Å²) in [5.74, 6) is -0.841. The summed E-state index contributed by atoms with van der Waals surface area (Å²) >= 11 is 0. The summed E-state index contributed by atoms with van der Waals surface area (Å²) < 4.78 is 44.1. The molecule has 7 heteroatoms. The Morgan fingerprint density at radius 3 is 2.78 bits per heavy atom. The second-order valence-electron chi connectivity index (χ2n) is 3.67. The van der Waals surface area contributed by atoms with Crippen molar-refractivity contribution in [2.45, 2.75) is 17.9 Å². The number of sulfonamides is 1. The molecule has 0 atom stereocenters. The fourth-order valence-electron chi connectivity index (χ4n) is 1.35. The van der Waals surface area contributed by atoms with Gasteiger partial charge in [-0.25, -0.2) is 17.5 Å². The van der Waals surface area contributed by atoms with Crippen molar-refractivity contribution in [1.29, 1.82) is 0 Å². The van der Waals surface area contributed by atoms with Crippen LogP contribution in [0.2, 0.25) is 0 Å². The summed E-state index contributed by atoms with van der Waals surface area (Å²) in [6, 6.07) is 3.47. The van der Waals surface area contributed by atoms with Crippen LogP contribution in [-0.2, 0) is 21.4 Å². The van der Waals surface area contributed by atoms with Crippen LogP contribution in [0, 0.1) is 5.82 Å². The summed E-state index contributed by atoms with van der Waals surface area (Å²) in [6.07, 6.45) is 0.497. The van der Waals surface area contributed by atoms with Gasteiger partial charge in [0.2, 0.25) is 10.0 Å². The number of nitrogens with one attached hydrogen (secondary N) is 1. The summed E-state index contributed by atoms with van der Waals surface area (Å²) in [7, 11) is -2.38. The molecule has 0 unspecified atom stereocenters. The van der Waals surface area contributed by atoms with Gasteiger partial charge in [-0.05, 0) is 24.1 Å². The zero-order chi connectivity index (χ0) is 13.6. The van der Waals surface area contributed by atoms with Crippen LogP contribution < -0.4 is 4.72 Å². The summed E-state index contributed by atoms with van der Waals surface area (Å²) in [5, 5.41) is 8.91. The lowest BCUT2D eigenvalue weighted by molar-refractivity contribution is 0.196. The number of hydrogen-bond acceptors (Lipinski definition) is 4. The molecular formula is C11H16FNO4S. The van der Waals surface area contributed by atoms with Crippen molar-refractivity contribution in [3.8, 4) is 0 Å². The molecule has 0 aliphatic rings. The first-order chi connectivity index (χ1) is 8.51. The van der Waals surface area contributed by atoms with Gasteiger partial charge < -0.3 is 9.84 Å². The Balaban J connectivity index is 2.83. The SMILES string of the molecule is COCCCNS(=O)(=O)c1cc(CO)ccc1F. The van der Waals surface area contributed by atoms with E-state index in [0.29, 0.717) is 18.6 Å². The Kier molecular flexibility index (Phi) is 5.67. The third-order valence-corrected chi connectivity index (χ3v) is 3.76. The molecule has 102 valence electrons. The average molecular weight is 277 g/mol. The summed E-state index contributed by atoms with van der Waals surface area (Å²) in [5.41, 5.74) is 0.341. The van der Waals surface area contributed by atoms with E-state index >= 15 is 0 Å². The quantitative estimate of drug-likeness (QED) is 0.717. The Hall–Kier alpha value is -1.02. The highest BCUT2D eigenvalue weighted by Gasteiger charge is 2.18. The molecule has 18 heavy (non-hydrogen) atoms. The summed E-state index contributed by atoms with van der Waals surface area (Å²) in [6.45, 7) is 0.243. The van der Waals surface area contributed by atoms with Crippen molar-refractivity contribution in [1.82, 2.24) is 4.72 Å². The molecular weight excluding hydrogens is 261 g/mol.